The summed E-state index contributed by atoms with van der Waals surface area (Å²) in [6.45, 7) is 1.60. The molecule has 4 aromatic rings. The quantitative estimate of drug-likeness (QED) is 0.324. The topological polar surface area (TPSA) is 120 Å². The van der Waals surface area contributed by atoms with E-state index >= 15 is 0 Å². The number of aryl methyl sites for hydroxylation is 1. The van der Waals surface area contributed by atoms with Crippen molar-refractivity contribution in [3.63, 3.8) is 0 Å². The number of aromatic nitrogens is 1. The van der Waals surface area contributed by atoms with Gasteiger partial charge in [0.25, 0.3) is 15.9 Å². The molecule has 0 bridgehead atoms. The number of sulfonamides is 1. The lowest BCUT2D eigenvalue weighted by Gasteiger charge is -2.13. The summed E-state index contributed by atoms with van der Waals surface area (Å²) in [4.78, 5) is 14.8. The van der Waals surface area contributed by atoms with Gasteiger partial charge in [0, 0.05) is 19.5 Å². The van der Waals surface area contributed by atoms with Crippen LogP contribution in [0.4, 0.5) is 11.6 Å². The molecule has 0 saturated heterocycles. The fourth-order valence-corrected chi connectivity index (χ4v) is 6.82. The molecule has 0 amide bonds. The summed E-state index contributed by atoms with van der Waals surface area (Å²) in [6.07, 6.45) is 0. The van der Waals surface area contributed by atoms with Gasteiger partial charge in [-0.1, -0.05) is 35.0 Å². The first kappa shape index (κ1) is 24.2. The Labute approximate surface area is 215 Å². The second-order valence-electron chi connectivity index (χ2n) is 8.09. The molecule has 188 valence electrons. The second-order valence-corrected chi connectivity index (χ2v) is 11.1. The minimum Gasteiger partial charge on any atom is -0.457 e. The summed E-state index contributed by atoms with van der Waals surface area (Å²) in [5.41, 5.74) is 1.73. The van der Waals surface area contributed by atoms with Gasteiger partial charge in [-0.25, -0.2) is 17.9 Å². The molecule has 0 atom stereocenters. The van der Waals surface area contributed by atoms with Crippen LogP contribution < -0.4 is 19.1 Å². The van der Waals surface area contributed by atoms with Gasteiger partial charge in [-0.15, -0.1) is 11.3 Å². The van der Waals surface area contributed by atoms with E-state index in [1.54, 1.807) is 37.3 Å². The van der Waals surface area contributed by atoms with Crippen molar-refractivity contribution in [3.8, 4) is 11.5 Å². The third-order valence-electron chi connectivity index (χ3n) is 5.41. The van der Waals surface area contributed by atoms with Gasteiger partial charge in [0.1, 0.15) is 27.1 Å². The van der Waals surface area contributed by atoms with Crippen LogP contribution in [-0.4, -0.2) is 40.4 Å². The molecule has 3 heterocycles. The molecule has 10 nitrogen and oxygen atoms in total. The first-order valence-corrected chi connectivity index (χ1v) is 13.3. The number of halogens is 1. The van der Waals surface area contributed by atoms with Crippen molar-refractivity contribution in [2.45, 2.75) is 18.4 Å². The molecule has 0 fully saturated rings. The van der Waals surface area contributed by atoms with Gasteiger partial charge in [0.2, 0.25) is 6.79 Å². The van der Waals surface area contributed by atoms with Crippen LogP contribution in [0, 0.1) is 6.92 Å². The van der Waals surface area contributed by atoms with Gasteiger partial charge < -0.3 is 23.6 Å². The Morgan fingerprint density at radius 1 is 1.22 bits per heavy atom. The number of nitrogens with zero attached hydrogens (tertiary/aromatic N) is 2. The van der Waals surface area contributed by atoms with Crippen molar-refractivity contribution in [2.75, 3.05) is 30.5 Å². The van der Waals surface area contributed by atoms with Crippen LogP contribution in [0.25, 0.3) is 10.1 Å². The Balaban J connectivity index is 1.54. The Kier molecular flexibility index (Phi) is 6.18. The highest BCUT2D eigenvalue weighted by Gasteiger charge is 2.32. The standard InChI is InChI=1S/C23H20ClN3O7S2/c1-12-18(24)22(34-25-12)26-36(29,30)21-14-5-4-6-15(27(2)3)19(14)35-20(21)23(28)31-10-13-7-8-16-17(9-13)33-11-32-16/h4-9,26H,10-11H2,1-3H3. The summed E-state index contributed by atoms with van der Waals surface area (Å²) >= 11 is 7.15. The van der Waals surface area contributed by atoms with E-state index in [1.807, 2.05) is 25.1 Å². The Morgan fingerprint density at radius 2 is 2.00 bits per heavy atom. The van der Waals surface area contributed by atoms with Crippen molar-refractivity contribution in [2.24, 2.45) is 0 Å². The van der Waals surface area contributed by atoms with E-state index < -0.39 is 16.0 Å². The van der Waals surface area contributed by atoms with E-state index in [0.29, 0.717) is 32.8 Å². The molecule has 13 heteroatoms. The Hall–Kier alpha value is -3.48. The molecule has 1 N–H and O–H groups in total. The van der Waals surface area contributed by atoms with Gasteiger partial charge in [-0.05, 0) is 30.7 Å². The number of hydrogen-bond donors (Lipinski definition) is 1. The number of esters is 1. The number of carbonyl (C=O) groups is 1. The number of benzene rings is 2. The first-order valence-electron chi connectivity index (χ1n) is 10.6. The zero-order chi connectivity index (χ0) is 25.6. The molecule has 0 radical (unpaired) electrons. The number of anilines is 2. The van der Waals surface area contributed by atoms with Crippen LogP contribution in [0.3, 0.4) is 0 Å². The van der Waals surface area contributed by atoms with Crippen molar-refractivity contribution in [1.29, 1.82) is 0 Å². The number of hydrogen-bond acceptors (Lipinski definition) is 10. The predicted octanol–water partition coefficient (Wildman–Crippen LogP) is 4.80. The van der Waals surface area contributed by atoms with Crippen LogP contribution >= 0.6 is 22.9 Å². The number of thiophene rings is 1. The zero-order valence-electron chi connectivity index (χ0n) is 19.3. The lowest BCUT2D eigenvalue weighted by molar-refractivity contribution is 0.0474. The number of ether oxygens (including phenoxy) is 3. The number of carbonyl (C=O) groups excluding carboxylic acids is 1. The third kappa shape index (κ3) is 4.31. The highest BCUT2D eigenvalue weighted by molar-refractivity contribution is 7.93. The molecule has 0 aliphatic carbocycles. The predicted molar refractivity (Wildman–Crippen MR) is 135 cm³/mol. The van der Waals surface area contributed by atoms with Crippen molar-refractivity contribution < 1.29 is 31.9 Å². The molecular weight excluding hydrogens is 530 g/mol. The molecule has 36 heavy (non-hydrogen) atoms. The van der Waals surface area contributed by atoms with Crippen molar-refractivity contribution in [3.05, 3.63) is 57.6 Å². The summed E-state index contributed by atoms with van der Waals surface area (Å²) in [5.74, 6) is 0.120. The van der Waals surface area contributed by atoms with Gasteiger partial charge in [-0.2, -0.15) is 0 Å². The maximum atomic E-state index is 13.5. The van der Waals surface area contributed by atoms with Gasteiger partial charge in [-0.3, -0.25) is 0 Å². The van der Waals surface area contributed by atoms with Gasteiger partial charge >= 0.3 is 5.97 Å². The second kappa shape index (κ2) is 9.19. The molecule has 0 spiro atoms. The molecule has 2 aromatic carbocycles. The molecule has 0 saturated carbocycles. The van der Waals surface area contributed by atoms with E-state index in [-0.39, 0.29) is 34.1 Å². The van der Waals surface area contributed by atoms with Crippen molar-refractivity contribution >= 4 is 60.6 Å². The average molecular weight is 550 g/mol. The van der Waals surface area contributed by atoms with E-state index in [4.69, 9.17) is 30.3 Å². The fraction of sp³-hybridized carbons (Fsp3) is 0.217. The first-order chi connectivity index (χ1) is 17.2. The smallest absolute Gasteiger partial charge is 0.350 e. The van der Waals surface area contributed by atoms with Crippen LogP contribution in [-0.2, 0) is 21.4 Å². The van der Waals surface area contributed by atoms with E-state index in [1.165, 1.54) is 0 Å². The zero-order valence-corrected chi connectivity index (χ0v) is 21.7. The maximum Gasteiger partial charge on any atom is 0.350 e. The minimum absolute atomic E-state index is 0.0269. The van der Waals surface area contributed by atoms with Gasteiger partial charge in [0.05, 0.1) is 10.4 Å². The van der Waals surface area contributed by atoms with Crippen molar-refractivity contribution in [1.82, 2.24) is 5.16 Å². The summed E-state index contributed by atoms with van der Waals surface area (Å²) in [6, 6.07) is 10.4. The van der Waals surface area contributed by atoms with Crippen LogP contribution in [0.15, 0.2) is 45.8 Å². The lowest BCUT2D eigenvalue weighted by atomic mass is 10.2. The van der Waals surface area contributed by atoms with E-state index in [0.717, 1.165) is 17.0 Å². The highest BCUT2D eigenvalue weighted by Crippen LogP contribution is 2.41. The third-order valence-corrected chi connectivity index (χ3v) is 8.61. The molecule has 2 aromatic heterocycles. The normalized spacial score (nSPS) is 12.7. The highest BCUT2D eigenvalue weighted by atomic mass is 35.5. The number of nitrogens with one attached hydrogen (secondary N) is 1. The monoisotopic (exact) mass is 549 g/mol. The lowest BCUT2D eigenvalue weighted by Crippen LogP contribution is -2.16. The van der Waals surface area contributed by atoms with E-state index in [9.17, 15) is 13.2 Å². The summed E-state index contributed by atoms with van der Waals surface area (Å²) in [7, 11) is -0.671. The van der Waals surface area contributed by atoms with Crippen LogP contribution in [0.1, 0.15) is 20.9 Å². The van der Waals surface area contributed by atoms with Crippen LogP contribution in [0.5, 0.6) is 11.5 Å². The average Bonchev–Trinajstić information content (AvgIpc) is 3.55. The minimum atomic E-state index is -4.33. The molecule has 0 unspecified atom stereocenters. The van der Waals surface area contributed by atoms with Crippen LogP contribution in [0.2, 0.25) is 5.02 Å². The molecule has 1 aliphatic heterocycles. The summed E-state index contributed by atoms with van der Waals surface area (Å²) in [5, 5.41) is 4.07. The summed E-state index contributed by atoms with van der Waals surface area (Å²) < 4.78 is 51.2. The van der Waals surface area contributed by atoms with E-state index in [2.05, 4.69) is 9.88 Å². The Morgan fingerprint density at radius 3 is 2.72 bits per heavy atom. The fourth-order valence-electron chi connectivity index (χ4n) is 3.68. The largest absolute Gasteiger partial charge is 0.457 e. The number of fused-ring (bicyclic) bond motifs is 2. The van der Waals surface area contributed by atoms with Gasteiger partial charge in [0.15, 0.2) is 11.5 Å². The maximum absolute atomic E-state index is 13.5. The Bertz CT molecular complexity index is 1590. The molecule has 1 aliphatic rings. The molecular formula is C23H20ClN3O7S2. The molecule has 5 rings (SSSR count). The SMILES string of the molecule is Cc1noc(NS(=O)(=O)c2c(C(=O)OCc3ccc4c(c3)OCO4)sc3c(N(C)C)cccc23)c1Cl. The number of rotatable bonds is 7.